The first-order valence-corrected chi connectivity index (χ1v) is 15.8. The smallest absolute Gasteiger partial charge is 0.406 e. The molecule has 1 saturated heterocycles. The van der Waals surface area contributed by atoms with E-state index in [2.05, 4.69) is 14.2 Å². The lowest BCUT2D eigenvalue weighted by Crippen LogP contribution is -2.43. The van der Waals surface area contributed by atoms with Crippen molar-refractivity contribution in [3.05, 3.63) is 120 Å². The number of hydrogen-bond acceptors (Lipinski definition) is 5. The lowest BCUT2D eigenvalue weighted by Gasteiger charge is -2.36. The zero-order valence-corrected chi connectivity index (χ0v) is 25.3. The van der Waals surface area contributed by atoms with Gasteiger partial charge in [0.2, 0.25) is 15.9 Å². The van der Waals surface area contributed by atoms with E-state index in [1.165, 1.54) is 48.5 Å². The summed E-state index contributed by atoms with van der Waals surface area (Å²) in [6.07, 6.45) is -9.09. The minimum atomic E-state index is -5.05. The number of anilines is 1. The van der Waals surface area contributed by atoms with Crippen molar-refractivity contribution in [2.75, 3.05) is 18.0 Å². The molecular weight excluding hydrogens is 650 g/mol. The third-order valence-electron chi connectivity index (χ3n) is 7.69. The molecule has 1 N–H and O–H groups in total. The number of amides is 1. The quantitative estimate of drug-likeness (QED) is 0.171. The van der Waals surface area contributed by atoms with Crippen LogP contribution in [0, 0.1) is 0 Å². The number of nitrogens with zero attached hydrogens (tertiary/aromatic N) is 1. The zero-order valence-electron chi connectivity index (χ0n) is 24.5. The van der Waals surface area contributed by atoms with Crippen LogP contribution in [-0.2, 0) is 26.7 Å². The van der Waals surface area contributed by atoms with E-state index in [0.717, 1.165) is 24.3 Å². The van der Waals surface area contributed by atoms with E-state index in [-0.39, 0.29) is 28.4 Å². The summed E-state index contributed by atoms with van der Waals surface area (Å²) in [5.74, 6) is -1.30. The van der Waals surface area contributed by atoms with Crippen molar-refractivity contribution in [3.63, 3.8) is 0 Å². The van der Waals surface area contributed by atoms with Gasteiger partial charge in [0.15, 0.2) is 0 Å². The molecule has 0 spiro atoms. The highest BCUT2D eigenvalue weighted by Gasteiger charge is 2.39. The molecule has 4 aromatic carbocycles. The Bertz CT molecular complexity index is 1750. The van der Waals surface area contributed by atoms with E-state index in [1.807, 2.05) is 0 Å². The predicted molar refractivity (Wildman–Crippen MR) is 160 cm³/mol. The number of benzene rings is 4. The fourth-order valence-electron chi connectivity index (χ4n) is 5.59. The third kappa shape index (κ3) is 8.43. The number of carbonyl (C=O) groups excluding carboxylic acids is 1. The summed E-state index contributed by atoms with van der Waals surface area (Å²) in [5.41, 5.74) is -0.217. The lowest BCUT2D eigenvalue weighted by molar-refractivity contribution is -0.275. The van der Waals surface area contributed by atoms with Gasteiger partial charge in [0.25, 0.3) is 0 Å². The molecule has 248 valence electrons. The van der Waals surface area contributed by atoms with E-state index in [1.54, 1.807) is 35.2 Å². The molecule has 0 aliphatic carbocycles. The Morgan fingerprint density at radius 2 is 1.28 bits per heavy atom. The molecule has 1 aliphatic heterocycles. The van der Waals surface area contributed by atoms with Crippen LogP contribution in [-0.4, -0.2) is 40.1 Å². The zero-order chi connectivity index (χ0) is 33.9. The van der Waals surface area contributed by atoms with Crippen LogP contribution in [0.2, 0.25) is 0 Å². The Balaban J connectivity index is 1.60. The lowest BCUT2D eigenvalue weighted by atomic mass is 9.70. The van der Waals surface area contributed by atoms with Crippen molar-refractivity contribution in [3.8, 4) is 11.5 Å². The molecule has 0 bridgehead atoms. The van der Waals surface area contributed by atoms with Gasteiger partial charge in [-0.25, -0.2) is 13.1 Å². The molecular formula is C33H28F6N2O5S. The van der Waals surface area contributed by atoms with Crippen LogP contribution in [0.5, 0.6) is 11.5 Å². The number of halogens is 6. The Morgan fingerprint density at radius 1 is 0.723 bits per heavy atom. The molecule has 0 aromatic heterocycles. The summed E-state index contributed by atoms with van der Waals surface area (Å²) in [4.78, 5) is 13.5. The predicted octanol–water partition coefficient (Wildman–Crippen LogP) is 7.12. The SMILES string of the molecule is O=C1CCCN1c1ccc(S(=O)(=O)NCC(Cc2ccccc2)(c2cccc(OC(F)(F)F)c2)c2cccc(OC(F)(F)F)c2)cc1. The van der Waals surface area contributed by atoms with Gasteiger partial charge in [-0.3, -0.25) is 4.79 Å². The number of sulfonamides is 1. The second-order valence-electron chi connectivity index (χ2n) is 10.9. The van der Waals surface area contributed by atoms with Crippen LogP contribution in [0.1, 0.15) is 29.5 Å². The maximum absolute atomic E-state index is 13.7. The number of rotatable bonds is 11. The van der Waals surface area contributed by atoms with Crippen LogP contribution in [0.15, 0.2) is 108 Å². The van der Waals surface area contributed by atoms with Crippen molar-refractivity contribution in [1.29, 1.82) is 0 Å². The fourth-order valence-corrected chi connectivity index (χ4v) is 6.69. The molecule has 7 nitrogen and oxygen atoms in total. The van der Waals surface area contributed by atoms with Crippen LogP contribution in [0.3, 0.4) is 0 Å². The first-order chi connectivity index (χ1) is 22.1. The molecule has 1 fully saturated rings. The number of nitrogens with one attached hydrogen (secondary N) is 1. The monoisotopic (exact) mass is 678 g/mol. The standard InChI is InChI=1S/C33H28F6N2O5S/c34-32(35,36)45-27-11-4-9-24(19-27)31(21-23-7-2-1-3-8-23,25-10-5-12-28(20-25)46-33(37,38)39)22-40-47(43,44)29-16-14-26(15-17-29)41-18-6-13-30(41)42/h1-5,7-12,14-17,19-20,40H,6,13,18,21-22H2. The largest absolute Gasteiger partial charge is 0.573 e. The topological polar surface area (TPSA) is 84.9 Å². The van der Waals surface area contributed by atoms with Crippen LogP contribution < -0.4 is 19.1 Å². The van der Waals surface area contributed by atoms with Gasteiger partial charge in [-0.2, -0.15) is 0 Å². The van der Waals surface area contributed by atoms with Crippen molar-refractivity contribution >= 4 is 21.6 Å². The van der Waals surface area contributed by atoms with E-state index in [0.29, 0.717) is 30.6 Å². The molecule has 0 radical (unpaired) electrons. The van der Waals surface area contributed by atoms with Gasteiger partial charge in [-0.15, -0.1) is 26.3 Å². The second-order valence-corrected chi connectivity index (χ2v) is 12.6. The van der Waals surface area contributed by atoms with Crippen LogP contribution >= 0.6 is 0 Å². The molecule has 0 atom stereocenters. The molecule has 1 aliphatic rings. The van der Waals surface area contributed by atoms with Gasteiger partial charge < -0.3 is 14.4 Å². The Labute approximate surface area is 266 Å². The molecule has 1 heterocycles. The first kappa shape index (κ1) is 33.8. The van der Waals surface area contributed by atoms with E-state index >= 15 is 0 Å². The van der Waals surface area contributed by atoms with Crippen LogP contribution in [0.25, 0.3) is 0 Å². The minimum absolute atomic E-state index is 0.0582. The van der Waals surface area contributed by atoms with Gasteiger partial charge in [-0.05, 0) is 78.1 Å². The first-order valence-electron chi connectivity index (χ1n) is 14.3. The number of hydrogen-bond donors (Lipinski definition) is 1. The van der Waals surface area contributed by atoms with Crippen molar-refractivity contribution < 1.29 is 49.0 Å². The highest BCUT2D eigenvalue weighted by molar-refractivity contribution is 7.89. The van der Waals surface area contributed by atoms with Gasteiger partial charge in [0, 0.05) is 30.6 Å². The van der Waals surface area contributed by atoms with Crippen molar-refractivity contribution in [1.82, 2.24) is 4.72 Å². The fraction of sp³-hybridized carbons (Fsp3) is 0.242. The average molecular weight is 679 g/mol. The molecule has 4 aromatic rings. The van der Waals surface area contributed by atoms with E-state index < -0.39 is 46.2 Å². The maximum Gasteiger partial charge on any atom is 0.573 e. The van der Waals surface area contributed by atoms with Gasteiger partial charge >= 0.3 is 12.7 Å². The number of ether oxygens (including phenoxy) is 2. The van der Waals surface area contributed by atoms with E-state index in [4.69, 9.17) is 0 Å². The second kappa shape index (κ2) is 13.3. The Kier molecular flexibility index (Phi) is 9.55. The normalized spacial score (nSPS) is 14.3. The number of carbonyl (C=O) groups is 1. The molecule has 14 heteroatoms. The molecule has 47 heavy (non-hydrogen) atoms. The molecule has 1 amide bonds. The summed E-state index contributed by atoms with van der Waals surface area (Å²) in [6.45, 7) is 0.000944. The molecule has 0 unspecified atom stereocenters. The summed E-state index contributed by atoms with van der Waals surface area (Å²) in [6, 6.07) is 23.8. The van der Waals surface area contributed by atoms with Crippen molar-refractivity contribution in [2.45, 2.75) is 42.3 Å². The highest BCUT2D eigenvalue weighted by atomic mass is 32.2. The highest BCUT2D eigenvalue weighted by Crippen LogP contribution is 2.40. The molecule has 5 rings (SSSR count). The third-order valence-corrected chi connectivity index (χ3v) is 9.10. The van der Waals surface area contributed by atoms with E-state index in [9.17, 15) is 39.6 Å². The van der Waals surface area contributed by atoms with Crippen molar-refractivity contribution in [2.24, 2.45) is 0 Å². The van der Waals surface area contributed by atoms with Crippen LogP contribution in [0.4, 0.5) is 32.0 Å². The van der Waals surface area contributed by atoms with Gasteiger partial charge in [-0.1, -0.05) is 54.6 Å². The maximum atomic E-state index is 13.7. The summed E-state index contributed by atoms with van der Waals surface area (Å²) >= 11 is 0. The van der Waals surface area contributed by atoms with Gasteiger partial charge in [0.1, 0.15) is 11.5 Å². The number of alkyl halides is 6. The average Bonchev–Trinajstić information content (AvgIpc) is 3.44. The van der Waals surface area contributed by atoms with Gasteiger partial charge in [0.05, 0.1) is 4.90 Å². The Hall–Kier alpha value is -4.56. The summed E-state index contributed by atoms with van der Waals surface area (Å²) in [5, 5.41) is 0. The minimum Gasteiger partial charge on any atom is -0.406 e. The molecule has 0 saturated carbocycles. The Morgan fingerprint density at radius 3 is 1.77 bits per heavy atom. The summed E-state index contributed by atoms with van der Waals surface area (Å²) in [7, 11) is -4.31. The summed E-state index contributed by atoms with van der Waals surface area (Å²) < 4.78 is 118.